The second-order valence-electron chi connectivity index (χ2n) is 9.79. The molecule has 0 unspecified atom stereocenters. The van der Waals surface area contributed by atoms with E-state index in [9.17, 15) is 14.4 Å². The molecular weight excluding hydrogens is 452 g/mol. The van der Waals surface area contributed by atoms with Gasteiger partial charge in [-0.1, -0.05) is 63.2 Å². The van der Waals surface area contributed by atoms with Crippen LogP contribution in [0.4, 0.5) is 0 Å². The lowest BCUT2D eigenvalue weighted by Gasteiger charge is -2.31. The molecule has 1 saturated heterocycles. The fourth-order valence-corrected chi connectivity index (χ4v) is 4.23. The maximum atomic E-state index is 13.2. The van der Waals surface area contributed by atoms with Gasteiger partial charge >= 0.3 is 0 Å². The Labute approximate surface area is 208 Å². The number of benzene rings is 2. The van der Waals surface area contributed by atoms with E-state index >= 15 is 0 Å². The van der Waals surface area contributed by atoms with Crippen LogP contribution in [-0.2, 0) is 20.8 Å². The van der Waals surface area contributed by atoms with E-state index < -0.39 is 17.5 Å². The van der Waals surface area contributed by atoms with Crippen LogP contribution in [0, 0.1) is 5.41 Å². The van der Waals surface area contributed by atoms with Crippen molar-refractivity contribution >= 4 is 40.9 Å². The number of nitrogens with zero attached hydrogens (tertiary/aromatic N) is 1. The minimum atomic E-state index is -0.733. The summed E-state index contributed by atoms with van der Waals surface area (Å²) < 4.78 is 0. The molecule has 2 aromatic rings. The Morgan fingerprint density at radius 3 is 2.50 bits per heavy atom. The molecule has 0 radical (unpaired) electrons. The lowest BCUT2D eigenvalue weighted by Crippen LogP contribution is -2.55. The number of carbonyl (C=O) groups excluding carboxylic acids is 3. The summed E-state index contributed by atoms with van der Waals surface area (Å²) in [6.45, 7) is 7.07. The van der Waals surface area contributed by atoms with Gasteiger partial charge in [-0.25, -0.2) is 0 Å². The first-order valence-electron chi connectivity index (χ1n) is 11.8. The van der Waals surface area contributed by atoms with Crippen LogP contribution in [0.25, 0.3) is 10.8 Å². The Balaban J connectivity index is 0.00000408. The van der Waals surface area contributed by atoms with E-state index in [1.807, 2.05) is 63.2 Å². The van der Waals surface area contributed by atoms with Crippen LogP contribution in [0.2, 0.25) is 0 Å². The first-order chi connectivity index (χ1) is 15.7. The van der Waals surface area contributed by atoms with Crippen molar-refractivity contribution in [1.29, 1.82) is 0 Å². The van der Waals surface area contributed by atoms with Crippen LogP contribution >= 0.6 is 12.4 Å². The second kappa shape index (κ2) is 12.2. The molecule has 0 bridgehead atoms. The molecule has 0 aliphatic carbocycles. The minimum Gasteiger partial charge on any atom is -0.354 e. The number of carbonyl (C=O) groups is 3. The highest BCUT2D eigenvalue weighted by molar-refractivity contribution is 5.93. The van der Waals surface area contributed by atoms with Crippen molar-refractivity contribution in [2.45, 2.75) is 58.5 Å². The third-order valence-electron chi connectivity index (χ3n) is 6.02. The van der Waals surface area contributed by atoms with Gasteiger partial charge in [0.25, 0.3) is 0 Å². The average Bonchev–Trinajstić information content (AvgIpc) is 3.27. The number of fused-ring (bicyclic) bond motifs is 1. The monoisotopic (exact) mass is 488 g/mol. The molecule has 4 N–H and O–H groups in total. The van der Waals surface area contributed by atoms with Crippen molar-refractivity contribution in [2.24, 2.45) is 11.1 Å². The molecule has 2 aromatic carbocycles. The molecule has 2 atom stereocenters. The summed E-state index contributed by atoms with van der Waals surface area (Å²) >= 11 is 0. The molecule has 1 heterocycles. The summed E-state index contributed by atoms with van der Waals surface area (Å²) in [6.07, 6.45) is 2.41. The van der Waals surface area contributed by atoms with Crippen molar-refractivity contribution in [1.82, 2.24) is 15.5 Å². The molecule has 1 aliphatic rings. The maximum absolute atomic E-state index is 13.2. The summed E-state index contributed by atoms with van der Waals surface area (Å²) in [5.74, 6) is -0.555. The van der Waals surface area contributed by atoms with Gasteiger partial charge in [0.1, 0.15) is 12.1 Å². The number of likely N-dealkylation sites (tertiary alicyclic amines) is 1. The van der Waals surface area contributed by atoms with Gasteiger partial charge in [0.05, 0.1) is 0 Å². The number of nitrogens with two attached hydrogens (primary N) is 1. The Bertz CT molecular complexity index is 1000. The summed E-state index contributed by atoms with van der Waals surface area (Å²) in [5.41, 5.74) is 5.95. The van der Waals surface area contributed by atoms with E-state index in [0.717, 1.165) is 22.8 Å². The first kappa shape index (κ1) is 27.6. The van der Waals surface area contributed by atoms with E-state index in [4.69, 9.17) is 5.73 Å². The highest BCUT2D eigenvalue weighted by Gasteiger charge is 2.39. The van der Waals surface area contributed by atoms with Gasteiger partial charge in [0.15, 0.2) is 0 Å². The Morgan fingerprint density at radius 1 is 1.12 bits per heavy atom. The fourth-order valence-electron chi connectivity index (χ4n) is 4.23. The highest BCUT2D eigenvalue weighted by Crippen LogP contribution is 2.26. The van der Waals surface area contributed by atoms with Crippen LogP contribution in [0.3, 0.4) is 0 Å². The molecule has 3 rings (SSSR count). The molecule has 8 heteroatoms. The van der Waals surface area contributed by atoms with Crippen LogP contribution in [0.5, 0.6) is 0 Å². The largest absolute Gasteiger partial charge is 0.354 e. The molecule has 0 aromatic heterocycles. The van der Waals surface area contributed by atoms with Crippen molar-refractivity contribution in [3.8, 4) is 0 Å². The van der Waals surface area contributed by atoms with E-state index in [1.54, 1.807) is 4.90 Å². The van der Waals surface area contributed by atoms with E-state index in [0.29, 0.717) is 38.9 Å². The number of halogens is 1. The standard InChI is InChI=1S/C26H36N4O3.ClH/c1-26(2,3)25(33)30-15-6-10-22(30)24(32)29-21(23(31)28-14-7-13-27)17-18-11-12-19-8-4-5-9-20(19)16-18;/h4-5,8-9,11-12,16,21-22H,6-7,10,13-15,17,27H2,1-3H3,(H,28,31)(H,29,32);1H/t21-,22+;/m1./s1. The normalized spacial score (nSPS) is 16.6. The van der Waals surface area contributed by atoms with Crippen LogP contribution < -0.4 is 16.4 Å². The van der Waals surface area contributed by atoms with Gasteiger partial charge < -0.3 is 21.3 Å². The number of amides is 3. The molecule has 1 fully saturated rings. The van der Waals surface area contributed by atoms with Gasteiger partial charge in [-0.15, -0.1) is 12.4 Å². The Kier molecular flexibility index (Phi) is 9.89. The van der Waals surface area contributed by atoms with Crippen molar-refractivity contribution in [3.05, 3.63) is 48.0 Å². The predicted molar refractivity (Wildman–Crippen MR) is 138 cm³/mol. The zero-order valence-corrected chi connectivity index (χ0v) is 21.1. The predicted octanol–water partition coefficient (Wildman–Crippen LogP) is 2.79. The van der Waals surface area contributed by atoms with Crippen LogP contribution in [-0.4, -0.2) is 54.3 Å². The average molecular weight is 489 g/mol. The molecule has 7 nitrogen and oxygen atoms in total. The number of hydrogen-bond acceptors (Lipinski definition) is 4. The van der Waals surface area contributed by atoms with Gasteiger partial charge in [0, 0.05) is 24.9 Å². The zero-order valence-electron chi connectivity index (χ0n) is 20.3. The second-order valence-corrected chi connectivity index (χ2v) is 9.79. The van der Waals surface area contributed by atoms with Crippen molar-refractivity contribution < 1.29 is 14.4 Å². The smallest absolute Gasteiger partial charge is 0.243 e. The number of rotatable bonds is 8. The van der Waals surface area contributed by atoms with Gasteiger partial charge in [-0.05, 0) is 42.1 Å². The fraction of sp³-hybridized carbons (Fsp3) is 0.500. The number of nitrogens with one attached hydrogen (secondary N) is 2. The molecule has 0 saturated carbocycles. The van der Waals surface area contributed by atoms with Crippen molar-refractivity contribution in [3.63, 3.8) is 0 Å². The van der Waals surface area contributed by atoms with Crippen LogP contribution in [0.1, 0.15) is 45.6 Å². The summed E-state index contributed by atoms with van der Waals surface area (Å²) in [4.78, 5) is 40.7. The van der Waals surface area contributed by atoms with Gasteiger partial charge in [0.2, 0.25) is 17.7 Å². The summed E-state index contributed by atoms with van der Waals surface area (Å²) in [7, 11) is 0. The molecule has 1 aliphatic heterocycles. The lowest BCUT2D eigenvalue weighted by atomic mass is 9.94. The Morgan fingerprint density at radius 2 is 1.82 bits per heavy atom. The molecule has 186 valence electrons. The first-order valence-corrected chi connectivity index (χ1v) is 11.8. The molecule has 34 heavy (non-hydrogen) atoms. The molecule has 0 spiro atoms. The summed E-state index contributed by atoms with van der Waals surface area (Å²) in [5, 5.41) is 8.03. The van der Waals surface area contributed by atoms with Gasteiger partial charge in [-0.2, -0.15) is 0 Å². The van der Waals surface area contributed by atoms with E-state index in [2.05, 4.69) is 10.6 Å². The van der Waals surface area contributed by atoms with E-state index in [1.165, 1.54) is 0 Å². The topological polar surface area (TPSA) is 105 Å². The molecule has 3 amide bonds. The lowest BCUT2D eigenvalue weighted by molar-refractivity contribution is -0.145. The van der Waals surface area contributed by atoms with Crippen molar-refractivity contribution in [2.75, 3.05) is 19.6 Å². The van der Waals surface area contributed by atoms with E-state index in [-0.39, 0.29) is 30.1 Å². The Hall–Kier alpha value is -2.64. The van der Waals surface area contributed by atoms with Gasteiger partial charge in [-0.3, -0.25) is 14.4 Å². The van der Waals surface area contributed by atoms with Crippen LogP contribution in [0.15, 0.2) is 42.5 Å². The summed E-state index contributed by atoms with van der Waals surface area (Å²) in [6, 6.07) is 12.8. The zero-order chi connectivity index (χ0) is 24.0. The minimum absolute atomic E-state index is 0. The third kappa shape index (κ3) is 6.93. The third-order valence-corrected chi connectivity index (χ3v) is 6.02. The SMILES string of the molecule is CC(C)(C)C(=O)N1CCC[C@H]1C(=O)N[C@H](Cc1ccc2ccccc2c1)C(=O)NCCCN.Cl. The quantitative estimate of drug-likeness (QED) is 0.497. The maximum Gasteiger partial charge on any atom is 0.243 e. The number of hydrogen-bond donors (Lipinski definition) is 3. The molecular formula is C26H37ClN4O3. The highest BCUT2D eigenvalue weighted by atomic mass is 35.5.